The third kappa shape index (κ3) is 3.66. The summed E-state index contributed by atoms with van der Waals surface area (Å²) in [5.74, 6) is 0.359. The number of amides is 1. The van der Waals surface area contributed by atoms with Crippen molar-refractivity contribution in [2.24, 2.45) is 5.92 Å². The summed E-state index contributed by atoms with van der Waals surface area (Å²) in [5.41, 5.74) is 1.59. The van der Waals surface area contributed by atoms with Gasteiger partial charge in [0.25, 0.3) is 5.91 Å². The van der Waals surface area contributed by atoms with Gasteiger partial charge in [-0.05, 0) is 48.6 Å². The molecule has 21 heavy (non-hydrogen) atoms. The molecule has 1 aromatic heterocycles. The molecule has 3 nitrogen and oxygen atoms in total. The number of pyridine rings is 1. The molecule has 0 N–H and O–H groups in total. The molecule has 108 valence electrons. The molecule has 4 heteroatoms. The van der Waals surface area contributed by atoms with E-state index in [0.717, 1.165) is 12.1 Å². The van der Waals surface area contributed by atoms with Crippen LogP contribution in [-0.4, -0.2) is 22.3 Å². The zero-order valence-electron chi connectivity index (χ0n) is 11.7. The quantitative estimate of drug-likeness (QED) is 0.844. The summed E-state index contributed by atoms with van der Waals surface area (Å²) in [6, 6.07) is 9.78. The summed E-state index contributed by atoms with van der Waals surface area (Å²) in [6.07, 6.45) is 5.62. The maximum absolute atomic E-state index is 13.0. The Morgan fingerprint density at radius 1 is 1.14 bits per heavy atom. The zero-order valence-corrected chi connectivity index (χ0v) is 11.7. The number of rotatable bonds is 5. The van der Waals surface area contributed by atoms with E-state index in [0.29, 0.717) is 18.0 Å². The van der Waals surface area contributed by atoms with Crippen molar-refractivity contribution >= 4 is 5.91 Å². The molecule has 3 rings (SSSR count). The molecule has 1 saturated carbocycles. The highest BCUT2D eigenvalue weighted by molar-refractivity contribution is 5.94. The first-order chi connectivity index (χ1) is 10.2. The van der Waals surface area contributed by atoms with E-state index in [1.165, 1.54) is 25.0 Å². The average Bonchev–Trinajstić information content (AvgIpc) is 3.33. The number of benzene rings is 1. The van der Waals surface area contributed by atoms with Gasteiger partial charge >= 0.3 is 0 Å². The van der Waals surface area contributed by atoms with Crippen molar-refractivity contribution in [3.8, 4) is 0 Å². The summed E-state index contributed by atoms with van der Waals surface area (Å²) in [5, 5.41) is 0. The predicted molar refractivity (Wildman–Crippen MR) is 78.1 cm³/mol. The lowest BCUT2D eigenvalue weighted by Crippen LogP contribution is -2.32. The van der Waals surface area contributed by atoms with Crippen LogP contribution in [0.3, 0.4) is 0 Å². The van der Waals surface area contributed by atoms with Crippen LogP contribution in [0.1, 0.15) is 28.8 Å². The number of hydrogen-bond donors (Lipinski definition) is 0. The van der Waals surface area contributed by atoms with E-state index in [4.69, 9.17) is 0 Å². The number of carbonyl (C=O) groups is 1. The molecule has 2 aromatic rings. The normalized spacial score (nSPS) is 14.0. The van der Waals surface area contributed by atoms with Crippen molar-refractivity contribution in [1.82, 2.24) is 9.88 Å². The second-order valence-corrected chi connectivity index (χ2v) is 5.49. The van der Waals surface area contributed by atoms with Crippen molar-refractivity contribution in [2.75, 3.05) is 6.54 Å². The van der Waals surface area contributed by atoms with Gasteiger partial charge in [0.2, 0.25) is 0 Å². The van der Waals surface area contributed by atoms with Gasteiger partial charge in [-0.1, -0.05) is 12.1 Å². The molecular weight excluding hydrogens is 267 g/mol. The fourth-order valence-corrected chi connectivity index (χ4v) is 2.32. The molecule has 0 spiro atoms. The molecular formula is C17H17FN2O. The Balaban J connectivity index is 1.77. The van der Waals surface area contributed by atoms with Crippen LogP contribution in [0.5, 0.6) is 0 Å². The fraction of sp³-hybridized carbons (Fsp3) is 0.294. The van der Waals surface area contributed by atoms with E-state index in [9.17, 15) is 9.18 Å². The summed E-state index contributed by atoms with van der Waals surface area (Å²) in [7, 11) is 0. The topological polar surface area (TPSA) is 33.2 Å². The molecule has 0 aliphatic heterocycles. The third-order valence-corrected chi connectivity index (χ3v) is 3.68. The van der Waals surface area contributed by atoms with E-state index < -0.39 is 0 Å². The first kappa shape index (κ1) is 13.7. The molecule has 0 bridgehead atoms. The third-order valence-electron chi connectivity index (χ3n) is 3.68. The second kappa shape index (κ2) is 6.04. The Kier molecular flexibility index (Phi) is 3.95. The monoisotopic (exact) mass is 284 g/mol. The molecule has 1 heterocycles. The number of hydrogen-bond acceptors (Lipinski definition) is 2. The van der Waals surface area contributed by atoms with Crippen LogP contribution in [0.2, 0.25) is 0 Å². The highest BCUT2D eigenvalue weighted by Gasteiger charge is 2.27. The minimum Gasteiger partial charge on any atom is -0.334 e. The van der Waals surface area contributed by atoms with Crippen molar-refractivity contribution in [2.45, 2.75) is 19.4 Å². The van der Waals surface area contributed by atoms with Gasteiger partial charge in [0.05, 0.1) is 0 Å². The summed E-state index contributed by atoms with van der Waals surface area (Å²) < 4.78 is 13.0. The molecule has 0 unspecified atom stereocenters. The van der Waals surface area contributed by atoms with Crippen LogP contribution in [0.4, 0.5) is 4.39 Å². The van der Waals surface area contributed by atoms with Gasteiger partial charge in [-0.15, -0.1) is 0 Å². The molecule has 1 amide bonds. The Bertz CT molecular complexity index is 608. The van der Waals surface area contributed by atoms with E-state index in [2.05, 4.69) is 4.98 Å². The Labute approximate surface area is 123 Å². The summed E-state index contributed by atoms with van der Waals surface area (Å²) in [6.45, 7) is 1.27. The molecule has 0 radical (unpaired) electrons. The van der Waals surface area contributed by atoms with Gasteiger partial charge in [-0.25, -0.2) is 4.39 Å². The van der Waals surface area contributed by atoms with E-state index in [-0.39, 0.29) is 11.7 Å². The SMILES string of the molecule is O=C(c1ccncc1)N(Cc1ccc(F)cc1)CC1CC1. The Morgan fingerprint density at radius 2 is 1.81 bits per heavy atom. The molecule has 0 saturated heterocycles. The van der Waals surface area contributed by atoms with Crippen molar-refractivity contribution in [3.05, 3.63) is 65.7 Å². The number of nitrogens with zero attached hydrogens (tertiary/aromatic N) is 2. The minimum absolute atomic E-state index is 0.00799. The van der Waals surface area contributed by atoms with Crippen molar-refractivity contribution < 1.29 is 9.18 Å². The average molecular weight is 284 g/mol. The first-order valence-electron chi connectivity index (χ1n) is 7.16. The largest absolute Gasteiger partial charge is 0.334 e. The van der Waals surface area contributed by atoms with Crippen LogP contribution in [0, 0.1) is 11.7 Å². The molecule has 1 aliphatic rings. The van der Waals surface area contributed by atoms with Gasteiger partial charge < -0.3 is 4.90 Å². The van der Waals surface area contributed by atoms with Gasteiger partial charge in [-0.3, -0.25) is 9.78 Å². The van der Waals surface area contributed by atoms with Crippen LogP contribution < -0.4 is 0 Å². The molecule has 1 aromatic carbocycles. The smallest absolute Gasteiger partial charge is 0.254 e. The van der Waals surface area contributed by atoms with E-state index >= 15 is 0 Å². The van der Waals surface area contributed by atoms with Crippen molar-refractivity contribution in [1.29, 1.82) is 0 Å². The standard InChI is InChI=1S/C17H17FN2O/c18-16-5-3-14(4-6-16)12-20(11-13-1-2-13)17(21)15-7-9-19-10-8-15/h3-10,13H,1-2,11-12H2. The number of aromatic nitrogens is 1. The number of halogens is 1. The van der Waals surface area contributed by atoms with E-state index in [1.54, 1.807) is 36.7 Å². The Hall–Kier alpha value is -2.23. The molecule has 0 atom stereocenters. The summed E-state index contributed by atoms with van der Waals surface area (Å²) >= 11 is 0. The fourth-order valence-electron chi connectivity index (χ4n) is 2.32. The second-order valence-electron chi connectivity index (χ2n) is 5.49. The maximum atomic E-state index is 13.0. The first-order valence-corrected chi connectivity index (χ1v) is 7.16. The lowest BCUT2D eigenvalue weighted by atomic mass is 10.1. The Morgan fingerprint density at radius 3 is 2.43 bits per heavy atom. The van der Waals surface area contributed by atoms with E-state index in [1.807, 2.05) is 4.90 Å². The lowest BCUT2D eigenvalue weighted by Gasteiger charge is -2.23. The van der Waals surface area contributed by atoms with Crippen LogP contribution in [0.15, 0.2) is 48.8 Å². The maximum Gasteiger partial charge on any atom is 0.254 e. The van der Waals surface area contributed by atoms with Gasteiger partial charge in [0.1, 0.15) is 5.82 Å². The predicted octanol–water partition coefficient (Wildman–Crippen LogP) is 3.27. The van der Waals surface area contributed by atoms with Gasteiger partial charge in [0, 0.05) is 31.0 Å². The van der Waals surface area contributed by atoms with Crippen LogP contribution in [0.25, 0.3) is 0 Å². The highest BCUT2D eigenvalue weighted by Crippen LogP contribution is 2.30. The van der Waals surface area contributed by atoms with Crippen LogP contribution >= 0.6 is 0 Å². The minimum atomic E-state index is -0.257. The van der Waals surface area contributed by atoms with Crippen LogP contribution in [-0.2, 0) is 6.54 Å². The lowest BCUT2D eigenvalue weighted by molar-refractivity contribution is 0.0734. The van der Waals surface area contributed by atoms with Gasteiger partial charge in [-0.2, -0.15) is 0 Å². The summed E-state index contributed by atoms with van der Waals surface area (Å²) in [4.78, 5) is 18.4. The molecule has 1 fully saturated rings. The number of carbonyl (C=O) groups excluding carboxylic acids is 1. The zero-order chi connectivity index (χ0) is 14.7. The van der Waals surface area contributed by atoms with Crippen molar-refractivity contribution in [3.63, 3.8) is 0 Å². The van der Waals surface area contributed by atoms with Gasteiger partial charge in [0.15, 0.2) is 0 Å². The molecule has 1 aliphatic carbocycles. The highest BCUT2D eigenvalue weighted by atomic mass is 19.1.